The summed E-state index contributed by atoms with van der Waals surface area (Å²) >= 11 is 3.51. The molecule has 2 rings (SSSR count). The number of nitrogen functional groups attached to an aromatic ring is 1. The maximum Gasteiger partial charge on any atom is 0.139 e. The third-order valence-electron chi connectivity index (χ3n) is 2.67. The van der Waals surface area contributed by atoms with E-state index in [1.165, 1.54) is 5.56 Å². The molecule has 0 aliphatic carbocycles. The number of halogens is 1. The molecular weight excluding hydrogens is 292 g/mol. The zero-order valence-electron chi connectivity index (χ0n) is 10.6. The summed E-state index contributed by atoms with van der Waals surface area (Å²) in [6.07, 6.45) is 0. The van der Waals surface area contributed by atoms with Gasteiger partial charge in [0.05, 0.1) is 5.69 Å². The molecule has 0 bridgehead atoms. The van der Waals surface area contributed by atoms with Crippen molar-refractivity contribution in [2.24, 2.45) is 0 Å². The number of rotatable bonds is 2. The van der Waals surface area contributed by atoms with E-state index in [0.29, 0.717) is 11.6 Å². The molecule has 2 aromatic rings. The number of benzene rings is 1. The van der Waals surface area contributed by atoms with Gasteiger partial charge in [0.2, 0.25) is 0 Å². The zero-order valence-corrected chi connectivity index (χ0v) is 12.2. The van der Waals surface area contributed by atoms with Gasteiger partial charge in [-0.1, -0.05) is 6.07 Å². The smallest absolute Gasteiger partial charge is 0.139 e. The number of aryl methyl sites for hydroxylation is 2. The summed E-state index contributed by atoms with van der Waals surface area (Å²) in [6, 6.07) is 6.10. The average molecular weight is 307 g/mol. The lowest BCUT2D eigenvalue weighted by Gasteiger charge is -2.12. The number of nitrogens with one attached hydrogen (secondary N) is 1. The fourth-order valence-corrected chi connectivity index (χ4v) is 1.98. The van der Waals surface area contributed by atoms with Gasteiger partial charge in [-0.25, -0.2) is 9.97 Å². The van der Waals surface area contributed by atoms with Gasteiger partial charge in [-0.05, 0) is 54.4 Å². The summed E-state index contributed by atoms with van der Waals surface area (Å²) in [6.45, 7) is 5.77. The number of anilines is 3. The first-order valence-corrected chi connectivity index (χ1v) is 6.40. The maximum absolute atomic E-state index is 5.84. The van der Waals surface area contributed by atoms with Crippen molar-refractivity contribution in [1.82, 2.24) is 9.97 Å². The molecule has 0 fully saturated rings. The van der Waals surface area contributed by atoms with Crippen molar-refractivity contribution in [1.29, 1.82) is 0 Å². The van der Waals surface area contributed by atoms with Crippen LogP contribution in [0.3, 0.4) is 0 Å². The molecule has 5 heteroatoms. The SMILES string of the molecule is Cc1ccc(Br)c(Nc2nc(C)nc(N)c2C)c1. The Morgan fingerprint density at radius 1 is 1.17 bits per heavy atom. The van der Waals surface area contributed by atoms with Gasteiger partial charge in [0, 0.05) is 10.0 Å². The van der Waals surface area contributed by atoms with E-state index in [1.54, 1.807) is 0 Å². The predicted octanol–water partition coefficient (Wildman–Crippen LogP) is 3.49. The molecule has 0 spiro atoms. The molecule has 18 heavy (non-hydrogen) atoms. The molecule has 0 aliphatic rings. The maximum atomic E-state index is 5.84. The second-order valence-electron chi connectivity index (χ2n) is 4.24. The van der Waals surface area contributed by atoms with E-state index in [-0.39, 0.29) is 0 Å². The largest absolute Gasteiger partial charge is 0.383 e. The second kappa shape index (κ2) is 4.94. The van der Waals surface area contributed by atoms with Crippen molar-refractivity contribution in [3.63, 3.8) is 0 Å². The molecule has 0 unspecified atom stereocenters. The third kappa shape index (κ3) is 2.61. The number of nitrogens with zero attached hydrogens (tertiary/aromatic N) is 2. The molecule has 0 radical (unpaired) electrons. The Bertz CT molecular complexity index is 596. The van der Waals surface area contributed by atoms with E-state index in [0.717, 1.165) is 21.5 Å². The van der Waals surface area contributed by atoms with E-state index in [9.17, 15) is 0 Å². The first kappa shape index (κ1) is 12.8. The van der Waals surface area contributed by atoms with Crippen LogP contribution in [0.15, 0.2) is 22.7 Å². The molecule has 1 heterocycles. The number of nitrogens with two attached hydrogens (primary N) is 1. The molecule has 94 valence electrons. The minimum absolute atomic E-state index is 0.508. The van der Waals surface area contributed by atoms with Gasteiger partial charge < -0.3 is 11.1 Å². The molecule has 0 atom stereocenters. The third-order valence-corrected chi connectivity index (χ3v) is 3.36. The Morgan fingerprint density at radius 2 is 1.89 bits per heavy atom. The molecular formula is C13H15BrN4. The van der Waals surface area contributed by atoms with Crippen LogP contribution in [-0.2, 0) is 0 Å². The summed E-state index contributed by atoms with van der Waals surface area (Å²) in [5, 5.41) is 3.28. The van der Waals surface area contributed by atoms with E-state index in [4.69, 9.17) is 5.73 Å². The van der Waals surface area contributed by atoms with Crippen LogP contribution in [-0.4, -0.2) is 9.97 Å². The van der Waals surface area contributed by atoms with Crippen molar-refractivity contribution < 1.29 is 0 Å². The molecule has 3 N–H and O–H groups in total. The van der Waals surface area contributed by atoms with E-state index >= 15 is 0 Å². The molecule has 4 nitrogen and oxygen atoms in total. The summed E-state index contributed by atoms with van der Waals surface area (Å²) in [7, 11) is 0. The minimum Gasteiger partial charge on any atom is -0.383 e. The topological polar surface area (TPSA) is 63.8 Å². The van der Waals surface area contributed by atoms with Crippen LogP contribution in [0.4, 0.5) is 17.3 Å². The lowest BCUT2D eigenvalue weighted by Crippen LogP contribution is -2.05. The molecule has 0 amide bonds. The fraction of sp³-hybridized carbons (Fsp3) is 0.231. The van der Waals surface area contributed by atoms with Crippen LogP contribution in [0, 0.1) is 20.8 Å². The first-order chi connectivity index (χ1) is 8.47. The Hall–Kier alpha value is -1.62. The highest BCUT2D eigenvalue weighted by atomic mass is 79.9. The Labute approximate surface area is 115 Å². The lowest BCUT2D eigenvalue weighted by molar-refractivity contribution is 1.04. The quantitative estimate of drug-likeness (QED) is 0.891. The monoisotopic (exact) mass is 306 g/mol. The van der Waals surface area contributed by atoms with E-state index in [2.05, 4.69) is 37.3 Å². The molecule has 0 saturated carbocycles. The van der Waals surface area contributed by atoms with Crippen LogP contribution in [0.1, 0.15) is 17.0 Å². The van der Waals surface area contributed by atoms with Crippen molar-refractivity contribution in [2.75, 3.05) is 11.1 Å². The summed E-state index contributed by atoms with van der Waals surface area (Å²) in [5.74, 6) is 1.91. The van der Waals surface area contributed by atoms with Gasteiger partial charge in [-0.3, -0.25) is 0 Å². The Balaban J connectivity index is 2.43. The molecule has 0 aliphatic heterocycles. The molecule has 0 saturated heterocycles. The minimum atomic E-state index is 0.508. The Morgan fingerprint density at radius 3 is 2.61 bits per heavy atom. The van der Waals surface area contributed by atoms with Gasteiger partial charge in [0.25, 0.3) is 0 Å². The molecule has 1 aromatic heterocycles. The second-order valence-corrected chi connectivity index (χ2v) is 5.09. The highest BCUT2D eigenvalue weighted by Gasteiger charge is 2.08. The average Bonchev–Trinajstić information content (AvgIpc) is 2.30. The zero-order chi connectivity index (χ0) is 13.3. The standard InChI is InChI=1S/C13H15BrN4/c1-7-4-5-10(14)11(6-7)18-13-8(2)12(15)16-9(3)17-13/h4-6H,1-3H3,(H3,15,16,17,18). The van der Waals surface area contributed by atoms with Crippen LogP contribution < -0.4 is 11.1 Å². The molecule has 1 aromatic carbocycles. The Kier molecular flexibility index (Phi) is 3.52. The summed E-state index contributed by atoms with van der Waals surface area (Å²) in [5.41, 5.74) is 8.84. The summed E-state index contributed by atoms with van der Waals surface area (Å²) in [4.78, 5) is 8.51. The highest BCUT2D eigenvalue weighted by molar-refractivity contribution is 9.10. The van der Waals surface area contributed by atoms with Gasteiger partial charge >= 0.3 is 0 Å². The van der Waals surface area contributed by atoms with Gasteiger partial charge in [0.15, 0.2) is 0 Å². The predicted molar refractivity (Wildman–Crippen MR) is 78.1 cm³/mol. The van der Waals surface area contributed by atoms with Crippen LogP contribution in [0.25, 0.3) is 0 Å². The van der Waals surface area contributed by atoms with Crippen LogP contribution >= 0.6 is 15.9 Å². The van der Waals surface area contributed by atoms with Crippen LogP contribution in [0.2, 0.25) is 0 Å². The van der Waals surface area contributed by atoms with E-state index in [1.807, 2.05) is 32.9 Å². The van der Waals surface area contributed by atoms with Gasteiger partial charge in [0.1, 0.15) is 17.5 Å². The number of aromatic nitrogens is 2. The normalized spacial score (nSPS) is 10.4. The van der Waals surface area contributed by atoms with Crippen molar-refractivity contribution in [3.05, 3.63) is 39.6 Å². The summed E-state index contributed by atoms with van der Waals surface area (Å²) < 4.78 is 0.988. The van der Waals surface area contributed by atoms with Crippen molar-refractivity contribution >= 4 is 33.3 Å². The van der Waals surface area contributed by atoms with Crippen molar-refractivity contribution in [3.8, 4) is 0 Å². The lowest BCUT2D eigenvalue weighted by atomic mass is 10.2. The number of hydrogen-bond donors (Lipinski definition) is 2. The van der Waals surface area contributed by atoms with Gasteiger partial charge in [-0.15, -0.1) is 0 Å². The van der Waals surface area contributed by atoms with Gasteiger partial charge in [-0.2, -0.15) is 0 Å². The highest BCUT2D eigenvalue weighted by Crippen LogP contribution is 2.28. The number of hydrogen-bond acceptors (Lipinski definition) is 4. The van der Waals surface area contributed by atoms with Crippen molar-refractivity contribution in [2.45, 2.75) is 20.8 Å². The fourth-order valence-electron chi connectivity index (χ4n) is 1.63. The van der Waals surface area contributed by atoms with Crippen LogP contribution in [0.5, 0.6) is 0 Å². The first-order valence-electron chi connectivity index (χ1n) is 5.61. The van der Waals surface area contributed by atoms with E-state index < -0.39 is 0 Å².